The lowest BCUT2D eigenvalue weighted by Gasteiger charge is -1.93. The molecule has 1 atom stereocenters. The van der Waals surface area contributed by atoms with E-state index in [9.17, 15) is 8.60 Å². The first-order valence-electron chi connectivity index (χ1n) is 3.03. The maximum Gasteiger partial charge on any atom is 0.123 e. The molecule has 0 fully saturated rings. The van der Waals surface area contributed by atoms with Crippen LogP contribution in [0, 0.1) is 5.82 Å². The minimum absolute atomic E-state index is 0.324. The predicted octanol–water partition coefficient (Wildman–Crippen LogP) is 2.08. The molecule has 1 aromatic carbocycles. The topological polar surface area (TPSA) is 17.1 Å². The third kappa shape index (κ3) is 1.98. The van der Waals surface area contributed by atoms with Crippen LogP contribution in [0.5, 0.6) is 0 Å². The van der Waals surface area contributed by atoms with Crippen LogP contribution in [0.1, 0.15) is 0 Å². The van der Waals surface area contributed by atoms with Gasteiger partial charge in [-0.15, -0.1) is 0 Å². The van der Waals surface area contributed by atoms with Crippen LogP contribution in [0.4, 0.5) is 4.39 Å². The van der Waals surface area contributed by atoms with Crippen molar-refractivity contribution < 1.29 is 8.60 Å². The molecule has 0 bridgehead atoms. The summed E-state index contributed by atoms with van der Waals surface area (Å²) in [6, 6.07) is 5.51. The normalized spacial score (nSPS) is 12.5. The van der Waals surface area contributed by atoms with E-state index in [0.29, 0.717) is 4.90 Å². The van der Waals surface area contributed by atoms with Gasteiger partial charge >= 0.3 is 0 Å². The third-order valence-electron chi connectivity index (χ3n) is 1.20. The Balaban J connectivity index is 2.98. The Hall–Kier alpha value is -0.960. The fourth-order valence-corrected chi connectivity index (χ4v) is 1.26. The number of halogens is 1. The monoisotopic (exact) mass is 170 g/mol. The van der Waals surface area contributed by atoms with Gasteiger partial charge in [-0.1, -0.05) is 6.58 Å². The van der Waals surface area contributed by atoms with E-state index in [1.165, 1.54) is 29.7 Å². The SMILES string of the molecule is C=C[S@](=O)c1ccc(F)cc1. The molecule has 1 nitrogen and oxygen atoms in total. The van der Waals surface area contributed by atoms with Crippen molar-refractivity contribution in [3.8, 4) is 0 Å². The number of benzene rings is 1. The standard InChI is InChI=1S/C8H7FOS/c1-2-11(10)8-5-3-7(9)4-6-8/h2-6H,1H2/t11-/m0/s1. The van der Waals surface area contributed by atoms with Gasteiger partial charge in [0, 0.05) is 10.3 Å². The summed E-state index contributed by atoms with van der Waals surface area (Å²) in [6.07, 6.45) is 0. The zero-order chi connectivity index (χ0) is 8.27. The molecule has 0 amide bonds. The minimum atomic E-state index is -1.20. The van der Waals surface area contributed by atoms with E-state index in [1.807, 2.05) is 0 Å². The van der Waals surface area contributed by atoms with Crippen LogP contribution in [0.25, 0.3) is 0 Å². The van der Waals surface area contributed by atoms with Crippen molar-refractivity contribution >= 4 is 10.8 Å². The van der Waals surface area contributed by atoms with Crippen molar-refractivity contribution in [1.82, 2.24) is 0 Å². The summed E-state index contributed by atoms with van der Waals surface area (Å²) in [4.78, 5) is 0.571. The van der Waals surface area contributed by atoms with Gasteiger partial charge < -0.3 is 0 Å². The van der Waals surface area contributed by atoms with E-state index in [0.717, 1.165) is 0 Å². The number of rotatable bonds is 2. The fourth-order valence-electron chi connectivity index (χ4n) is 0.665. The second kappa shape index (κ2) is 3.44. The molecule has 1 rings (SSSR count). The van der Waals surface area contributed by atoms with Gasteiger partial charge in [0.05, 0.1) is 10.8 Å². The van der Waals surface area contributed by atoms with Crippen LogP contribution < -0.4 is 0 Å². The highest BCUT2D eigenvalue weighted by atomic mass is 32.2. The van der Waals surface area contributed by atoms with Gasteiger partial charge in [-0.05, 0) is 24.3 Å². The molecular weight excluding hydrogens is 163 g/mol. The highest BCUT2D eigenvalue weighted by molar-refractivity contribution is 7.88. The molecule has 0 aliphatic heterocycles. The summed E-state index contributed by atoms with van der Waals surface area (Å²) < 4.78 is 23.3. The van der Waals surface area contributed by atoms with Crippen LogP contribution >= 0.6 is 0 Å². The molecule has 0 radical (unpaired) electrons. The van der Waals surface area contributed by atoms with Crippen LogP contribution in [0.2, 0.25) is 0 Å². The average molecular weight is 170 g/mol. The van der Waals surface area contributed by atoms with Gasteiger partial charge in [0.1, 0.15) is 5.82 Å². The molecule has 11 heavy (non-hydrogen) atoms. The number of hydrogen-bond acceptors (Lipinski definition) is 1. The predicted molar refractivity (Wildman–Crippen MR) is 43.0 cm³/mol. The van der Waals surface area contributed by atoms with E-state index in [2.05, 4.69) is 6.58 Å². The van der Waals surface area contributed by atoms with E-state index >= 15 is 0 Å². The largest absolute Gasteiger partial charge is 0.250 e. The Kier molecular flexibility index (Phi) is 2.54. The molecule has 0 heterocycles. The molecule has 0 aliphatic rings. The first kappa shape index (κ1) is 8.14. The van der Waals surface area contributed by atoms with Gasteiger partial charge in [-0.3, -0.25) is 0 Å². The lowest BCUT2D eigenvalue weighted by atomic mass is 10.4. The van der Waals surface area contributed by atoms with Gasteiger partial charge in [-0.2, -0.15) is 0 Å². The molecule has 0 saturated heterocycles. The van der Waals surface area contributed by atoms with Crippen molar-refractivity contribution in [2.24, 2.45) is 0 Å². The molecular formula is C8H7FOS. The van der Waals surface area contributed by atoms with Crippen LogP contribution in [0.3, 0.4) is 0 Å². The molecule has 0 aromatic heterocycles. The van der Waals surface area contributed by atoms with Crippen molar-refractivity contribution in [2.75, 3.05) is 0 Å². The highest BCUT2D eigenvalue weighted by Crippen LogP contribution is 2.07. The average Bonchev–Trinajstić information content (AvgIpc) is 2.05. The first-order chi connectivity index (χ1) is 5.24. The Bertz CT molecular complexity index is 279. The molecule has 0 unspecified atom stereocenters. The minimum Gasteiger partial charge on any atom is -0.250 e. The maximum absolute atomic E-state index is 12.3. The Morgan fingerprint density at radius 2 is 1.91 bits per heavy atom. The van der Waals surface area contributed by atoms with Gasteiger partial charge in [-0.25, -0.2) is 8.60 Å². The van der Waals surface area contributed by atoms with Crippen molar-refractivity contribution in [1.29, 1.82) is 0 Å². The quantitative estimate of drug-likeness (QED) is 0.664. The maximum atomic E-state index is 12.3. The summed E-state index contributed by atoms with van der Waals surface area (Å²) in [6.45, 7) is 3.37. The van der Waals surface area contributed by atoms with Gasteiger partial charge in [0.25, 0.3) is 0 Å². The van der Waals surface area contributed by atoms with Crippen molar-refractivity contribution in [2.45, 2.75) is 4.90 Å². The van der Waals surface area contributed by atoms with Crippen LogP contribution in [-0.2, 0) is 10.8 Å². The molecule has 58 valence electrons. The van der Waals surface area contributed by atoms with Gasteiger partial charge in [0.2, 0.25) is 0 Å². The second-order valence-corrected chi connectivity index (χ2v) is 3.32. The molecule has 0 saturated carbocycles. The van der Waals surface area contributed by atoms with Crippen LogP contribution in [0.15, 0.2) is 41.1 Å². The first-order valence-corrected chi connectivity index (χ1v) is 4.24. The van der Waals surface area contributed by atoms with Gasteiger partial charge in [0.15, 0.2) is 0 Å². The van der Waals surface area contributed by atoms with E-state index in [4.69, 9.17) is 0 Å². The van der Waals surface area contributed by atoms with Crippen molar-refractivity contribution in [3.63, 3.8) is 0 Å². The van der Waals surface area contributed by atoms with E-state index in [1.54, 1.807) is 0 Å². The summed E-state index contributed by atoms with van der Waals surface area (Å²) in [5.41, 5.74) is 0. The Morgan fingerprint density at radius 1 is 1.36 bits per heavy atom. The smallest absolute Gasteiger partial charge is 0.123 e. The molecule has 3 heteroatoms. The Morgan fingerprint density at radius 3 is 2.36 bits per heavy atom. The summed E-state index contributed by atoms with van der Waals surface area (Å²) in [5, 5.41) is 1.31. The van der Waals surface area contributed by atoms with E-state index in [-0.39, 0.29) is 5.82 Å². The summed E-state index contributed by atoms with van der Waals surface area (Å²) in [5.74, 6) is -0.324. The van der Waals surface area contributed by atoms with E-state index < -0.39 is 10.8 Å². The summed E-state index contributed by atoms with van der Waals surface area (Å²) in [7, 11) is -1.20. The van der Waals surface area contributed by atoms with Crippen LogP contribution in [-0.4, -0.2) is 4.21 Å². The lowest BCUT2D eigenvalue weighted by Crippen LogP contribution is -1.84. The molecule has 0 N–H and O–H groups in total. The summed E-state index contributed by atoms with van der Waals surface area (Å²) >= 11 is 0. The molecule has 0 aliphatic carbocycles. The highest BCUT2D eigenvalue weighted by Gasteiger charge is 1.97. The lowest BCUT2D eigenvalue weighted by molar-refractivity contribution is 0.626. The van der Waals surface area contributed by atoms with Crippen molar-refractivity contribution in [3.05, 3.63) is 42.1 Å². The number of hydrogen-bond donors (Lipinski definition) is 0. The zero-order valence-corrected chi connectivity index (χ0v) is 6.60. The Labute approximate surface area is 67.0 Å². The fraction of sp³-hybridized carbons (Fsp3) is 0. The molecule has 1 aromatic rings. The zero-order valence-electron chi connectivity index (χ0n) is 5.79. The molecule has 0 spiro atoms. The second-order valence-electron chi connectivity index (χ2n) is 1.92. The third-order valence-corrected chi connectivity index (χ3v) is 2.24.